The second kappa shape index (κ2) is 11.1. The highest BCUT2D eigenvalue weighted by Crippen LogP contribution is 2.58. The van der Waals surface area contributed by atoms with E-state index in [1.807, 2.05) is 0 Å². The number of fused-ring (bicyclic) bond motifs is 4. The molecule has 10 atom stereocenters. The van der Waals surface area contributed by atoms with Crippen molar-refractivity contribution < 1.29 is 45.5 Å². The Balaban J connectivity index is 1.17. The van der Waals surface area contributed by atoms with Crippen molar-refractivity contribution in [2.75, 3.05) is 24.7 Å². The maximum Gasteiger partial charge on any atom is 0.386 e. The molecule has 0 aromatic carbocycles. The van der Waals surface area contributed by atoms with E-state index in [9.17, 15) is 13.9 Å². The topological polar surface area (TPSA) is 249 Å². The predicted molar refractivity (Wildman–Crippen MR) is 154 cm³/mol. The molecule has 4 aromatic rings. The lowest BCUT2D eigenvalue weighted by Gasteiger charge is -2.29. The maximum atomic E-state index is 16.0. The van der Waals surface area contributed by atoms with Crippen LogP contribution >= 0.6 is 26.5 Å². The maximum absolute atomic E-state index is 16.0. The van der Waals surface area contributed by atoms with Gasteiger partial charge in [0.05, 0.1) is 25.9 Å². The summed E-state index contributed by atoms with van der Waals surface area (Å²) in [5, 5.41) is 0. The first-order valence-corrected chi connectivity index (χ1v) is 17.8. The summed E-state index contributed by atoms with van der Waals surface area (Å²) >= 11 is 3.99. The van der Waals surface area contributed by atoms with E-state index in [-0.39, 0.29) is 34.1 Å². The van der Waals surface area contributed by atoms with Crippen LogP contribution in [0.1, 0.15) is 12.5 Å². The largest absolute Gasteiger partial charge is 0.386 e. The number of hydrogen-bond donors (Lipinski definition) is 4. The van der Waals surface area contributed by atoms with Gasteiger partial charge < -0.3 is 30.0 Å². The summed E-state index contributed by atoms with van der Waals surface area (Å²) in [4.78, 5) is 34.5. The lowest BCUT2D eigenvalue weighted by molar-refractivity contribution is -0.0546. The number of halogens is 2. The number of thiol groups is 1. The standard InChI is InChI=1S/C20H23BF2N10O9P2S/c21-43(35)37-1-6-13(9(23)18(39-6)32-4-28-10-14(24)26-3-27-15(10)32)42-44(36,45)38-2-7-12(41-43)8(22)19(40-7)33-5-29-11-16(33)30-20(25)31-17(11)34/h3-9,12-13,18-19H,1-2,21H2,(H,36,45)(H2,24,26,27)(H3,25,30,31,34)/t6-,7-,8?,9?,12?,13?,18-,19-,43+,44-/m1/s1. The molecule has 19 nitrogen and oxygen atoms in total. The fourth-order valence-electron chi connectivity index (χ4n) is 5.35. The zero-order chi connectivity index (χ0) is 31.8. The highest BCUT2D eigenvalue weighted by molar-refractivity contribution is 8.44. The van der Waals surface area contributed by atoms with E-state index >= 15 is 8.78 Å². The molecular formula is C20H23BF2N10O9P2S. The molecule has 7 rings (SSSR count). The second-order valence-corrected chi connectivity index (χ2v) is 15.2. The summed E-state index contributed by atoms with van der Waals surface area (Å²) in [6.07, 6.45) is -9.53. The van der Waals surface area contributed by atoms with Crippen LogP contribution in [-0.4, -0.2) is 96.6 Å². The minimum Gasteiger partial charge on any atom is -0.382 e. The van der Waals surface area contributed by atoms with Crippen molar-refractivity contribution >= 4 is 68.2 Å². The van der Waals surface area contributed by atoms with Crippen LogP contribution in [0.15, 0.2) is 23.8 Å². The number of alkyl halides is 2. The molecule has 0 spiro atoms. The van der Waals surface area contributed by atoms with Crippen molar-refractivity contribution in [1.82, 2.24) is 39.0 Å². The molecule has 45 heavy (non-hydrogen) atoms. The molecule has 3 aliphatic heterocycles. The van der Waals surface area contributed by atoms with E-state index in [0.29, 0.717) is 0 Å². The number of nitrogen functional groups attached to an aromatic ring is 2. The van der Waals surface area contributed by atoms with Crippen LogP contribution in [0.2, 0.25) is 0 Å². The molecule has 4 aromatic heterocycles. The molecule has 0 bridgehead atoms. The van der Waals surface area contributed by atoms with E-state index in [1.165, 1.54) is 10.9 Å². The zero-order valence-electron chi connectivity index (χ0n) is 22.8. The fourth-order valence-corrected chi connectivity index (χ4v) is 8.01. The number of imidazole rings is 2. The van der Waals surface area contributed by atoms with Gasteiger partial charge in [-0.05, 0) is 0 Å². The minimum absolute atomic E-state index is 0.0482. The number of ether oxygens (including phenoxy) is 2. The lowest BCUT2D eigenvalue weighted by Crippen LogP contribution is -2.37. The third-order valence-corrected chi connectivity index (χ3v) is 10.2. The monoisotopic (exact) mass is 690 g/mol. The first kappa shape index (κ1) is 30.6. The predicted octanol–water partition coefficient (Wildman–Crippen LogP) is 0.191. The van der Waals surface area contributed by atoms with Crippen molar-refractivity contribution in [3.05, 3.63) is 29.3 Å². The fraction of sp³-hybridized carbons (Fsp3) is 0.500. The van der Waals surface area contributed by atoms with E-state index in [0.717, 1.165) is 24.8 Å². The minimum atomic E-state index is -4.41. The molecule has 0 saturated carbocycles. The van der Waals surface area contributed by atoms with Crippen molar-refractivity contribution in [2.45, 2.75) is 49.2 Å². The molecule has 5 N–H and O–H groups in total. The van der Waals surface area contributed by atoms with Gasteiger partial charge in [0.25, 0.3) is 20.6 Å². The van der Waals surface area contributed by atoms with E-state index in [4.69, 9.17) is 39.0 Å². The van der Waals surface area contributed by atoms with Gasteiger partial charge in [-0.15, -0.1) is 0 Å². The number of rotatable bonds is 2. The Kier molecular flexibility index (Phi) is 7.53. The number of aromatic amines is 1. The summed E-state index contributed by atoms with van der Waals surface area (Å²) in [5.41, 5.74) is 10.9. The molecule has 240 valence electrons. The van der Waals surface area contributed by atoms with Crippen molar-refractivity contribution in [3.63, 3.8) is 0 Å². The van der Waals surface area contributed by atoms with Gasteiger partial charge in [0.1, 0.15) is 36.3 Å². The van der Waals surface area contributed by atoms with Gasteiger partial charge in [0.2, 0.25) is 5.95 Å². The quantitative estimate of drug-likeness (QED) is 0.125. The normalized spacial score (nSPS) is 37.7. The van der Waals surface area contributed by atoms with Gasteiger partial charge in [-0.1, -0.05) is 12.2 Å². The lowest BCUT2D eigenvalue weighted by atomic mass is 10.1. The first-order chi connectivity index (χ1) is 21.3. The number of anilines is 2. The van der Waals surface area contributed by atoms with Crippen LogP contribution in [0.5, 0.6) is 0 Å². The van der Waals surface area contributed by atoms with Crippen LogP contribution in [0, 0.1) is 0 Å². The number of H-pyrrole nitrogens is 1. The van der Waals surface area contributed by atoms with Gasteiger partial charge in [0.15, 0.2) is 47.4 Å². The second-order valence-electron chi connectivity index (χ2n) is 10.3. The van der Waals surface area contributed by atoms with Crippen LogP contribution < -0.4 is 17.0 Å². The van der Waals surface area contributed by atoms with Gasteiger partial charge >= 0.3 is 6.80 Å². The average molecular weight is 690 g/mol. The molecular weight excluding hydrogens is 667 g/mol. The van der Waals surface area contributed by atoms with Gasteiger partial charge in [-0.2, -0.15) is 4.98 Å². The van der Waals surface area contributed by atoms with Crippen LogP contribution in [0.3, 0.4) is 0 Å². The summed E-state index contributed by atoms with van der Waals surface area (Å²) in [7, 11) is -3.06. The Morgan fingerprint density at radius 3 is 2.20 bits per heavy atom. The van der Waals surface area contributed by atoms with Gasteiger partial charge in [-0.3, -0.25) is 32.5 Å². The zero-order valence-corrected chi connectivity index (χ0v) is 25.5. The van der Waals surface area contributed by atoms with Crippen molar-refractivity contribution in [3.8, 4) is 0 Å². The molecule has 0 aliphatic carbocycles. The van der Waals surface area contributed by atoms with E-state index in [2.05, 4.69) is 42.2 Å². The van der Waals surface area contributed by atoms with Crippen molar-refractivity contribution in [2.24, 2.45) is 0 Å². The molecule has 3 saturated heterocycles. The highest BCUT2D eigenvalue weighted by Gasteiger charge is 2.54. The van der Waals surface area contributed by atoms with Crippen LogP contribution in [0.4, 0.5) is 20.5 Å². The third-order valence-electron chi connectivity index (χ3n) is 7.36. The summed E-state index contributed by atoms with van der Waals surface area (Å²) < 4.78 is 94.8. The Morgan fingerprint density at radius 1 is 0.911 bits per heavy atom. The molecule has 0 radical (unpaired) electrons. The van der Waals surface area contributed by atoms with E-state index in [1.54, 1.807) is 0 Å². The Bertz CT molecular complexity index is 1950. The van der Waals surface area contributed by atoms with Crippen LogP contribution in [0.25, 0.3) is 22.3 Å². The summed E-state index contributed by atoms with van der Waals surface area (Å²) in [6, 6.07) is 0. The molecule has 7 heterocycles. The van der Waals surface area contributed by atoms with E-state index < -0.39 is 82.3 Å². The molecule has 0 amide bonds. The van der Waals surface area contributed by atoms with Crippen molar-refractivity contribution in [1.29, 1.82) is 0 Å². The summed E-state index contributed by atoms with van der Waals surface area (Å²) in [5.74, 6) is -0.208. The number of nitrogens with two attached hydrogens (primary N) is 2. The number of hydrogen-bond acceptors (Lipinski definition) is 16. The molecule has 4 unspecified atom stereocenters. The van der Waals surface area contributed by atoms with Gasteiger partial charge in [0, 0.05) is 0 Å². The molecule has 3 aliphatic rings. The summed E-state index contributed by atoms with van der Waals surface area (Å²) in [6.45, 7) is -5.69. The average Bonchev–Trinajstić information content (AvgIpc) is 3.72. The third kappa shape index (κ3) is 5.45. The number of aromatic nitrogens is 8. The molecule has 25 heteroatoms. The smallest absolute Gasteiger partial charge is 0.382 e. The first-order valence-electron chi connectivity index (χ1n) is 13.1. The van der Waals surface area contributed by atoms with Gasteiger partial charge in [-0.25, -0.2) is 33.3 Å². The Hall–Kier alpha value is -3.01. The number of nitrogens with one attached hydrogen (secondary N) is 1. The Morgan fingerprint density at radius 2 is 1.51 bits per heavy atom. The van der Waals surface area contributed by atoms with Crippen LogP contribution in [-0.2, 0) is 36.7 Å². The highest BCUT2D eigenvalue weighted by atomic mass is 32.7. The SMILES string of the molecule is B[P@]1(=O)OC[C@H]2O[C@@H](n3cnc4c(N)ncnc43)C(F)C2O[P@](=O)(S)OC[C@H]2O[C@@H](n3cnc4c(=O)[nH]c(N)nc43)C(F)C2O1. The Labute approximate surface area is 255 Å². The molecule has 3 fully saturated rings. The number of nitrogens with zero attached hydrogens (tertiary/aromatic N) is 7.